The number of aryl methyl sites for hydroxylation is 1. The fourth-order valence-corrected chi connectivity index (χ4v) is 5.93. The molecule has 5 aromatic rings. The van der Waals surface area contributed by atoms with Gasteiger partial charge in [-0.1, -0.05) is 68.4 Å². The zero-order chi connectivity index (χ0) is 27.1. The van der Waals surface area contributed by atoms with Crippen molar-refractivity contribution in [2.45, 2.75) is 33.1 Å². The summed E-state index contributed by atoms with van der Waals surface area (Å²) in [6.07, 6.45) is 0. The maximum Gasteiger partial charge on any atom is 0.129 e. The molecule has 1 aliphatic heterocycles. The Morgan fingerprint density at radius 2 is 1.33 bits per heavy atom. The van der Waals surface area contributed by atoms with Crippen LogP contribution in [0.2, 0.25) is 0 Å². The highest BCUT2D eigenvalue weighted by Gasteiger charge is 2.30. The number of nitrogens with zero attached hydrogens (tertiary/aromatic N) is 4. The predicted molar refractivity (Wildman–Crippen MR) is 160 cm³/mol. The Kier molecular flexibility index (Phi) is 6.15. The molecule has 1 aromatic heterocycles. The van der Waals surface area contributed by atoms with Crippen LogP contribution in [0.1, 0.15) is 36.4 Å². The van der Waals surface area contributed by atoms with E-state index in [-0.39, 0.29) is 5.41 Å². The lowest BCUT2D eigenvalue weighted by Crippen LogP contribution is -2.23. The number of benzene rings is 4. The molecule has 5 heteroatoms. The maximum absolute atomic E-state index is 6.39. The van der Waals surface area contributed by atoms with Crippen LogP contribution >= 0.6 is 0 Å². The second-order valence-corrected chi connectivity index (χ2v) is 10.8. The fraction of sp³-hybridized carbons (Fsp3) is 0.206. The SMILES string of the molecule is Cc1nn(-c2cccc(Oc3cccc(N4CN(C)c5ccccc54)c3)c2)c(C)c1C(C)(C)c1ccccc1. The van der Waals surface area contributed by atoms with E-state index in [1.807, 2.05) is 22.9 Å². The normalized spacial score (nSPS) is 13.1. The molecule has 0 spiro atoms. The van der Waals surface area contributed by atoms with Crippen molar-refractivity contribution >= 4 is 17.1 Å². The van der Waals surface area contributed by atoms with Crippen molar-refractivity contribution in [2.75, 3.05) is 23.5 Å². The first-order valence-electron chi connectivity index (χ1n) is 13.4. The van der Waals surface area contributed by atoms with Crippen molar-refractivity contribution < 1.29 is 4.74 Å². The van der Waals surface area contributed by atoms with Crippen molar-refractivity contribution in [1.82, 2.24) is 9.78 Å². The van der Waals surface area contributed by atoms with E-state index in [0.29, 0.717) is 0 Å². The van der Waals surface area contributed by atoms with Crippen molar-refractivity contribution in [3.05, 3.63) is 126 Å². The van der Waals surface area contributed by atoms with E-state index in [0.717, 1.165) is 40.9 Å². The van der Waals surface area contributed by atoms with Crippen molar-refractivity contribution in [3.63, 3.8) is 0 Å². The van der Waals surface area contributed by atoms with E-state index in [9.17, 15) is 0 Å². The van der Waals surface area contributed by atoms with E-state index in [4.69, 9.17) is 9.84 Å². The van der Waals surface area contributed by atoms with Gasteiger partial charge in [0.15, 0.2) is 0 Å². The molecular formula is C34H34N4O. The first-order chi connectivity index (χ1) is 18.8. The van der Waals surface area contributed by atoms with Gasteiger partial charge in [-0.05, 0) is 55.8 Å². The van der Waals surface area contributed by atoms with Gasteiger partial charge in [-0.2, -0.15) is 5.10 Å². The highest BCUT2D eigenvalue weighted by atomic mass is 16.5. The van der Waals surface area contributed by atoms with Gasteiger partial charge in [0, 0.05) is 41.5 Å². The number of hydrogen-bond donors (Lipinski definition) is 0. The average Bonchev–Trinajstić information content (AvgIpc) is 3.45. The van der Waals surface area contributed by atoms with Gasteiger partial charge < -0.3 is 14.5 Å². The van der Waals surface area contributed by atoms with Gasteiger partial charge in [-0.25, -0.2) is 4.68 Å². The van der Waals surface area contributed by atoms with E-state index >= 15 is 0 Å². The maximum atomic E-state index is 6.39. The van der Waals surface area contributed by atoms with Gasteiger partial charge in [0.05, 0.1) is 29.4 Å². The van der Waals surface area contributed by atoms with E-state index in [1.54, 1.807) is 0 Å². The standard InChI is InChI=1S/C34H34N4O/c1-24-33(34(3,4)26-13-7-6-8-14-26)25(2)38(35-24)28-16-12-18-30(22-28)39-29-17-11-15-27(21-29)37-23-36(5)31-19-9-10-20-32(31)37/h6-22H,23H2,1-5H3. The van der Waals surface area contributed by atoms with Crippen LogP contribution < -0.4 is 14.5 Å². The first-order valence-corrected chi connectivity index (χ1v) is 13.4. The number of para-hydroxylation sites is 2. The summed E-state index contributed by atoms with van der Waals surface area (Å²) < 4.78 is 8.43. The molecule has 0 bridgehead atoms. The molecule has 39 heavy (non-hydrogen) atoms. The smallest absolute Gasteiger partial charge is 0.129 e. The number of aromatic nitrogens is 2. The van der Waals surface area contributed by atoms with Crippen LogP contribution in [0.4, 0.5) is 17.1 Å². The molecular weight excluding hydrogens is 480 g/mol. The van der Waals surface area contributed by atoms with Gasteiger partial charge in [0.1, 0.15) is 11.5 Å². The van der Waals surface area contributed by atoms with Crippen molar-refractivity contribution in [2.24, 2.45) is 0 Å². The number of fused-ring (bicyclic) bond motifs is 1. The minimum absolute atomic E-state index is 0.162. The van der Waals surface area contributed by atoms with E-state index < -0.39 is 0 Å². The summed E-state index contributed by atoms with van der Waals surface area (Å²) in [6, 6.07) is 35.6. The van der Waals surface area contributed by atoms with Crippen LogP contribution in [0.25, 0.3) is 5.69 Å². The first kappa shape index (κ1) is 24.8. The third-order valence-electron chi connectivity index (χ3n) is 7.78. The third-order valence-corrected chi connectivity index (χ3v) is 7.78. The van der Waals surface area contributed by atoms with Crippen LogP contribution in [-0.4, -0.2) is 23.5 Å². The molecule has 2 heterocycles. The molecule has 196 valence electrons. The summed E-state index contributed by atoms with van der Waals surface area (Å²) >= 11 is 0. The predicted octanol–water partition coefficient (Wildman–Crippen LogP) is 8.15. The van der Waals surface area contributed by atoms with Gasteiger partial charge in [0.25, 0.3) is 0 Å². The topological polar surface area (TPSA) is 33.5 Å². The molecule has 0 atom stereocenters. The number of ether oxygens (including phenoxy) is 1. The summed E-state index contributed by atoms with van der Waals surface area (Å²) in [7, 11) is 2.12. The monoisotopic (exact) mass is 514 g/mol. The largest absolute Gasteiger partial charge is 0.457 e. The van der Waals surface area contributed by atoms with Gasteiger partial charge in [0.2, 0.25) is 0 Å². The minimum Gasteiger partial charge on any atom is -0.457 e. The van der Waals surface area contributed by atoms with Gasteiger partial charge in [-0.3, -0.25) is 0 Å². The molecule has 0 amide bonds. The fourth-order valence-electron chi connectivity index (χ4n) is 5.93. The van der Waals surface area contributed by atoms with E-state index in [2.05, 4.69) is 129 Å². The molecule has 0 unspecified atom stereocenters. The van der Waals surface area contributed by atoms with Crippen molar-refractivity contribution in [3.8, 4) is 17.2 Å². The molecule has 0 radical (unpaired) electrons. The summed E-state index contributed by atoms with van der Waals surface area (Å²) in [5, 5.41) is 4.97. The Balaban J connectivity index is 1.29. The van der Waals surface area contributed by atoms with Crippen LogP contribution in [0.5, 0.6) is 11.5 Å². The van der Waals surface area contributed by atoms with Crippen LogP contribution in [0.3, 0.4) is 0 Å². The lowest BCUT2D eigenvalue weighted by Gasteiger charge is -2.26. The molecule has 0 saturated heterocycles. The summed E-state index contributed by atoms with van der Waals surface area (Å²) in [4.78, 5) is 4.57. The molecule has 1 aliphatic rings. The summed E-state index contributed by atoms with van der Waals surface area (Å²) in [5.41, 5.74) is 9.07. The highest BCUT2D eigenvalue weighted by molar-refractivity contribution is 5.82. The Morgan fingerprint density at radius 1 is 0.718 bits per heavy atom. The minimum atomic E-state index is -0.162. The van der Waals surface area contributed by atoms with Gasteiger partial charge in [-0.15, -0.1) is 0 Å². The molecule has 0 saturated carbocycles. The number of hydrogen-bond acceptors (Lipinski definition) is 4. The molecule has 5 nitrogen and oxygen atoms in total. The highest BCUT2D eigenvalue weighted by Crippen LogP contribution is 2.41. The number of anilines is 3. The van der Waals surface area contributed by atoms with Crippen LogP contribution in [0, 0.1) is 13.8 Å². The molecule has 4 aromatic carbocycles. The second kappa shape index (κ2) is 9.66. The second-order valence-electron chi connectivity index (χ2n) is 10.8. The Morgan fingerprint density at radius 3 is 2.05 bits per heavy atom. The van der Waals surface area contributed by atoms with Crippen molar-refractivity contribution in [1.29, 1.82) is 0 Å². The lowest BCUT2D eigenvalue weighted by molar-refractivity contribution is 0.482. The molecule has 0 fully saturated rings. The van der Waals surface area contributed by atoms with Crippen LogP contribution in [-0.2, 0) is 5.41 Å². The zero-order valence-corrected chi connectivity index (χ0v) is 23.2. The molecule has 6 rings (SSSR count). The lowest BCUT2D eigenvalue weighted by atomic mass is 9.77. The van der Waals surface area contributed by atoms with Crippen LogP contribution in [0.15, 0.2) is 103 Å². The molecule has 0 aliphatic carbocycles. The Bertz CT molecular complexity index is 1640. The summed E-state index contributed by atoms with van der Waals surface area (Å²) in [6.45, 7) is 9.60. The quantitative estimate of drug-likeness (QED) is 0.229. The third kappa shape index (κ3) is 4.44. The number of rotatable bonds is 6. The zero-order valence-electron chi connectivity index (χ0n) is 23.2. The van der Waals surface area contributed by atoms with Gasteiger partial charge >= 0.3 is 0 Å². The average molecular weight is 515 g/mol. The Labute approximate surface area is 230 Å². The molecule has 0 N–H and O–H groups in total. The van der Waals surface area contributed by atoms with E-state index in [1.165, 1.54) is 22.5 Å². The Hall–Kier alpha value is -4.51. The summed E-state index contributed by atoms with van der Waals surface area (Å²) in [5.74, 6) is 1.58.